The predicted octanol–water partition coefficient (Wildman–Crippen LogP) is 4.20. The Hall–Kier alpha value is -2.09. The molecule has 0 aliphatic carbocycles. The molecule has 0 unspecified atom stereocenters. The van der Waals surface area contributed by atoms with E-state index >= 15 is 0 Å². The number of hydrogen-bond donors (Lipinski definition) is 1. The molecular formula is C14H13F3N2O2S. The van der Waals surface area contributed by atoms with Crippen molar-refractivity contribution in [1.29, 1.82) is 0 Å². The van der Waals surface area contributed by atoms with Gasteiger partial charge in [-0.1, -0.05) is 13.0 Å². The number of aromatic nitrogens is 1. The Labute approximate surface area is 128 Å². The number of benzene rings is 1. The summed E-state index contributed by atoms with van der Waals surface area (Å²) in [6.45, 7) is 2.48. The molecule has 118 valence electrons. The Morgan fingerprint density at radius 2 is 2.18 bits per heavy atom. The van der Waals surface area contributed by atoms with Crippen molar-refractivity contribution in [2.45, 2.75) is 19.5 Å². The maximum absolute atomic E-state index is 12.4. The molecule has 2 aromatic rings. The average molecular weight is 330 g/mol. The quantitative estimate of drug-likeness (QED) is 0.894. The van der Waals surface area contributed by atoms with Gasteiger partial charge in [-0.05, 0) is 24.6 Å². The zero-order valence-corrected chi connectivity index (χ0v) is 12.4. The number of amides is 1. The Bertz CT molecular complexity index is 656. The number of halogens is 3. The third-order valence-electron chi connectivity index (χ3n) is 2.58. The molecule has 0 saturated carbocycles. The monoisotopic (exact) mass is 330 g/mol. The molecule has 1 aromatic heterocycles. The summed E-state index contributed by atoms with van der Waals surface area (Å²) < 4.78 is 42.7. The van der Waals surface area contributed by atoms with Crippen LogP contribution in [0.4, 0.5) is 18.3 Å². The molecular weight excluding hydrogens is 317 g/mol. The summed E-state index contributed by atoms with van der Waals surface area (Å²) in [4.78, 5) is 15.4. The van der Waals surface area contributed by atoms with Gasteiger partial charge in [0.25, 0.3) is 5.91 Å². The van der Waals surface area contributed by atoms with Crippen molar-refractivity contribution < 1.29 is 22.7 Å². The van der Waals surface area contributed by atoms with Crippen LogP contribution in [0, 0.1) is 0 Å². The first-order valence-corrected chi connectivity index (χ1v) is 7.35. The van der Waals surface area contributed by atoms with Gasteiger partial charge in [0.2, 0.25) is 0 Å². The summed E-state index contributed by atoms with van der Waals surface area (Å²) in [7, 11) is 0. The maximum atomic E-state index is 12.4. The number of nitrogens with one attached hydrogen (secondary N) is 1. The molecule has 1 amide bonds. The van der Waals surface area contributed by atoms with Gasteiger partial charge in [-0.2, -0.15) is 13.2 Å². The van der Waals surface area contributed by atoms with Crippen LogP contribution in [0.15, 0.2) is 29.6 Å². The van der Waals surface area contributed by atoms with Crippen LogP contribution in [0.2, 0.25) is 0 Å². The van der Waals surface area contributed by atoms with Gasteiger partial charge in [0.15, 0.2) is 10.8 Å². The highest BCUT2D eigenvalue weighted by atomic mass is 32.1. The van der Waals surface area contributed by atoms with E-state index in [1.54, 1.807) is 18.2 Å². The minimum absolute atomic E-state index is 0.0998. The molecule has 0 radical (unpaired) electrons. The average Bonchev–Trinajstić information content (AvgIpc) is 2.94. The lowest BCUT2D eigenvalue weighted by atomic mass is 10.2. The van der Waals surface area contributed by atoms with Gasteiger partial charge in [0.1, 0.15) is 5.75 Å². The number of carbonyl (C=O) groups is 1. The fourth-order valence-electron chi connectivity index (χ4n) is 1.58. The highest BCUT2D eigenvalue weighted by Gasteiger charge is 2.33. The lowest BCUT2D eigenvalue weighted by molar-refractivity contribution is -0.140. The summed E-state index contributed by atoms with van der Waals surface area (Å²) in [6.07, 6.45) is -3.69. The van der Waals surface area contributed by atoms with Gasteiger partial charge < -0.3 is 4.74 Å². The van der Waals surface area contributed by atoms with Crippen LogP contribution in [0.1, 0.15) is 29.4 Å². The van der Waals surface area contributed by atoms with Gasteiger partial charge in [-0.15, -0.1) is 11.3 Å². The van der Waals surface area contributed by atoms with Crippen molar-refractivity contribution in [2.75, 3.05) is 11.9 Å². The minimum atomic E-state index is -4.52. The lowest BCUT2D eigenvalue weighted by Crippen LogP contribution is -2.12. The fraction of sp³-hybridized carbons (Fsp3) is 0.286. The number of ether oxygens (including phenoxy) is 1. The van der Waals surface area contributed by atoms with Crippen LogP contribution in [-0.2, 0) is 6.18 Å². The molecule has 22 heavy (non-hydrogen) atoms. The Kier molecular flexibility index (Phi) is 5.02. The summed E-state index contributed by atoms with van der Waals surface area (Å²) in [5.74, 6) is -0.00496. The molecule has 0 saturated heterocycles. The first-order chi connectivity index (χ1) is 10.4. The van der Waals surface area contributed by atoms with Crippen molar-refractivity contribution in [3.63, 3.8) is 0 Å². The zero-order valence-electron chi connectivity index (χ0n) is 11.6. The van der Waals surface area contributed by atoms with Gasteiger partial charge in [0.05, 0.1) is 6.61 Å². The minimum Gasteiger partial charge on any atom is -0.494 e. The van der Waals surface area contributed by atoms with Crippen molar-refractivity contribution in [2.24, 2.45) is 0 Å². The second kappa shape index (κ2) is 6.78. The van der Waals surface area contributed by atoms with Gasteiger partial charge in [-0.25, -0.2) is 4.98 Å². The van der Waals surface area contributed by atoms with Crippen LogP contribution in [0.3, 0.4) is 0 Å². The highest BCUT2D eigenvalue weighted by Crippen LogP contribution is 2.31. The van der Waals surface area contributed by atoms with Crippen molar-refractivity contribution >= 4 is 22.4 Å². The molecule has 0 aliphatic rings. The number of hydrogen-bond acceptors (Lipinski definition) is 4. The highest BCUT2D eigenvalue weighted by molar-refractivity contribution is 7.14. The van der Waals surface area contributed by atoms with E-state index in [1.165, 1.54) is 6.07 Å². The smallest absolute Gasteiger partial charge is 0.434 e. The molecule has 0 bridgehead atoms. The molecule has 4 nitrogen and oxygen atoms in total. The van der Waals surface area contributed by atoms with Crippen LogP contribution in [0.25, 0.3) is 0 Å². The molecule has 0 spiro atoms. The second-order valence-corrected chi connectivity index (χ2v) is 5.22. The number of rotatable bonds is 5. The summed E-state index contributed by atoms with van der Waals surface area (Å²) in [5.41, 5.74) is -0.731. The van der Waals surface area contributed by atoms with Crippen molar-refractivity contribution in [3.05, 3.63) is 40.9 Å². The predicted molar refractivity (Wildman–Crippen MR) is 77.3 cm³/mol. The molecule has 8 heteroatoms. The number of nitrogens with zero attached hydrogens (tertiary/aromatic N) is 1. The van der Waals surface area contributed by atoms with E-state index in [4.69, 9.17) is 4.74 Å². The normalized spacial score (nSPS) is 11.3. The molecule has 2 rings (SSSR count). The van der Waals surface area contributed by atoms with Gasteiger partial charge in [0, 0.05) is 10.9 Å². The first-order valence-electron chi connectivity index (χ1n) is 6.47. The van der Waals surface area contributed by atoms with Crippen LogP contribution in [-0.4, -0.2) is 17.5 Å². The largest absolute Gasteiger partial charge is 0.494 e. The summed E-state index contributed by atoms with van der Waals surface area (Å²) in [5, 5.41) is 3.10. The number of carbonyl (C=O) groups excluding carboxylic acids is 1. The molecule has 0 fully saturated rings. The Balaban J connectivity index is 2.07. The lowest BCUT2D eigenvalue weighted by Gasteiger charge is -2.06. The third-order valence-corrected chi connectivity index (χ3v) is 3.34. The van der Waals surface area contributed by atoms with Crippen molar-refractivity contribution in [3.8, 4) is 5.75 Å². The van der Waals surface area contributed by atoms with E-state index < -0.39 is 17.8 Å². The van der Waals surface area contributed by atoms with E-state index in [0.29, 0.717) is 12.4 Å². The van der Waals surface area contributed by atoms with Crippen LogP contribution < -0.4 is 10.1 Å². The molecule has 1 heterocycles. The number of anilines is 1. The first kappa shape index (κ1) is 16.3. The fourth-order valence-corrected chi connectivity index (χ4v) is 2.29. The van der Waals surface area contributed by atoms with Crippen LogP contribution in [0.5, 0.6) is 5.75 Å². The van der Waals surface area contributed by atoms with E-state index in [-0.39, 0.29) is 10.7 Å². The van der Waals surface area contributed by atoms with E-state index in [1.807, 2.05) is 6.92 Å². The van der Waals surface area contributed by atoms with Crippen molar-refractivity contribution in [1.82, 2.24) is 4.98 Å². The van der Waals surface area contributed by atoms with E-state index in [2.05, 4.69) is 10.3 Å². The topological polar surface area (TPSA) is 51.2 Å². The third kappa shape index (κ3) is 4.20. The maximum Gasteiger partial charge on any atom is 0.434 e. The number of thiazole rings is 1. The molecule has 1 N–H and O–H groups in total. The van der Waals surface area contributed by atoms with Gasteiger partial charge in [-0.3, -0.25) is 10.1 Å². The molecule has 0 aliphatic heterocycles. The Morgan fingerprint density at radius 3 is 2.82 bits per heavy atom. The Morgan fingerprint density at radius 1 is 1.41 bits per heavy atom. The van der Waals surface area contributed by atoms with Gasteiger partial charge >= 0.3 is 6.18 Å². The number of alkyl halides is 3. The summed E-state index contributed by atoms with van der Waals surface area (Å²) >= 11 is 0.723. The SMILES string of the molecule is CCCOc1cccc(C(=O)Nc2nc(C(F)(F)F)cs2)c1. The summed E-state index contributed by atoms with van der Waals surface area (Å²) in [6, 6.07) is 6.43. The molecule has 0 atom stereocenters. The van der Waals surface area contributed by atoms with E-state index in [9.17, 15) is 18.0 Å². The van der Waals surface area contributed by atoms with Crippen LogP contribution >= 0.6 is 11.3 Å². The standard InChI is InChI=1S/C14H13F3N2O2S/c1-2-6-21-10-5-3-4-9(7-10)12(20)19-13-18-11(8-22-13)14(15,16)17/h3-5,7-8H,2,6H2,1H3,(H,18,19,20). The zero-order chi connectivity index (χ0) is 16.2. The molecule has 1 aromatic carbocycles. The van der Waals surface area contributed by atoms with E-state index in [0.717, 1.165) is 23.1 Å². The second-order valence-electron chi connectivity index (χ2n) is 4.37.